The van der Waals surface area contributed by atoms with Crippen molar-refractivity contribution < 1.29 is 9.53 Å². The molecule has 0 spiro atoms. The normalized spacial score (nSPS) is 15.0. The summed E-state index contributed by atoms with van der Waals surface area (Å²) in [5.74, 6) is 1.04. The molecule has 1 amide bonds. The molecule has 4 heteroatoms. The van der Waals surface area contributed by atoms with Crippen LogP contribution in [0.3, 0.4) is 0 Å². The van der Waals surface area contributed by atoms with Gasteiger partial charge >= 0.3 is 0 Å². The molecule has 4 rings (SSSR count). The molecule has 0 atom stereocenters. The lowest BCUT2D eigenvalue weighted by Gasteiger charge is -2.34. The van der Waals surface area contributed by atoms with Crippen LogP contribution in [0.15, 0.2) is 72.8 Å². The fraction of sp³-hybridized carbons (Fsp3) is 0.261. The fourth-order valence-electron chi connectivity index (χ4n) is 3.49. The summed E-state index contributed by atoms with van der Waals surface area (Å²) >= 11 is 0. The molecule has 1 heterocycles. The number of carbonyl (C=O) groups is 1. The van der Waals surface area contributed by atoms with Gasteiger partial charge in [-0.05, 0) is 35.0 Å². The van der Waals surface area contributed by atoms with Crippen molar-refractivity contribution >= 4 is 16.7 Å². The second-order valence-corrected chi connectivity index (χ2v) is 6.86. The van der Waals surface area contributed by atoms with Gasteiger partial charge in [-0.15, -0.1) is 0 Å². The van der Waals surface area contributed by atoms with E-state index in [0.717, 1.165) is 44.0 Å². The topological polar surface area (TPSA) is 32.8 Å². The molecule has 0 unspecified atom stereocenters. The van der Waals surface area contributed by atoms with E-state index in [1.807, 2.05) is 53.4 Å². The van der Waals surface area contributed by atoms with E-state index in [9.17, 15) is 4.79 Å². The van der Waals surface area contributed by atoms with Gasteiger partial charge in [-0.3, -0.25) is 9.69 Å². The van der Waals surface area contributed by atoms with E-state index in [-0.39, 0.29) is 5.91 Å². The lowest BCUT2D eigenvalue weighted by Crippen LogP contribution is -2.49. The predicted octanol–water partition coefficient (Wildman–Crippen LogP) is 3.68. The molecule has 1 fully saturated rings. The van der Waals surface area contributed by atoms with E-state index in [1.165, 1.54) is 10.8 Å². The van der Waals surface area contributed by atoms with Crippen LogP contribution < -0.4 is 4.74 Å². The third kappa shape index (κ3) is 4.29. The Labute approximate surface area is 160 Å². The number of piperazine rings is 1. The Hall–Kier alpha value is -2.85. The second kappa shape index (κ2) is 8.23. The molecular weight excluding hydrogens is 336 g/mol. The number of rotatable bonds is 5. The first-order valence-corrected chi connectivity index (χ1v) is 9.48. The van der Waals surface area contributed by atoms with Gasteiger partial charge in [-0.25, -0.2) is 0 Å². The molecule has 0 N–H and O–H groups in total. The van der Waals surface area contributed by atoms with Gasteiger partial charge in [0.2, 0.25) is 0 Å². The van der Waals surface area contributed by atoms with Crippen molar-refractivity contribution in [3.8, 4) is 5.75 Å². The maximum Gasteiger partial charge on any atom is 0.253 e. The minimum Gasteiger partial charge on any atom is -0.492 e. The Morgan fingerprint density at radius 2 is 1.52 bits per heavy atom. The number of amides is 1. The molecule has 1 aliphatic rings. The van der Waals surface area contributed by atoms with Crippen LogP contribution in [0.4, 0.5) is 0 Å². The van der Waals surface area contributed by atoms with Crippen LogP contribution in [0, 0.1) is 0 Å². The van der Waals surface area contributed by atoms with Crippen molar-refractivity contribution in [2.75, 3.05) is 39.3 Å². The smallest absolute Gasteiger partial charge is 0.253 e. The fourth-order valence-corrected chi connectivity index (χ4v) is 3.49. The van der Waals surface area contributed by atoms with E-state index in [0.29, 0.717) is 6.61 Å². The summed E-state index contributed by atoms with van der Waals surface area (Å²) in [6, 6.07) is 24.0. The van der Waals surface area contributed by atoms with E-state index in [2.05, 4.69) is 29.2 Å². The second-order valence-electron chi connectivity index (χ2n) is 6.86. The third-order valence-corrected chi connectivity index (χ3v) is 5.08. The molecule has 0 saturated carbocycles. The van der Waals surface area contributed by atoms with Crippen LogP contribution in [0.2, 0.25) is 0 Å². The predicted molar refractivity (Wildman–Crippen MR) is 108 cm³/mol. The lowest BCUT2D eigenvalue weighted by atomic mass is 10.1. The highest BCUT2D eigenvalue weighted by molar-refractivity contribution is 5.94. The van der Waals surface area contributed by atoms with Gasteiger partial charge in [0, 0.05) is 38.3 Å². The highest BCUT2D eigenvalue weighted by atomic mass is 16.5. The molecule has 4 nitrogen and oxygen atoms in total. The maximum absolute atomic E-state index is 12.5. The summed E-state index contributed by atoms with van der Waals surface area (Å²) in [5.41, 5.74) is 0.769. The summed E-state index contributed by atoms with van der Waals surface area (Å²) in [7, 11) is 0. The number of benzene rings is 3. The number of nitrogens with zero attached hydrogens (tertiary/aromatic N) is 2. The molecule has 138 valence electrons. The highest BCUT2D eigenvalue weighted by Crippen LogP contribution is 2.20. The largest absolute Gasteiger partial charge is 0.492 e. The van der Waals surface area contributed by atoms with Crippen molar-refractivity contribution in [1.29, 1.82) is 0 Å². The SMILES string of the molecule is O=C(c1ccccc1)N1CCN(CCOc2ccc3ccccc3c2)CC1. The van der Waals surface area contributed by atoms with Gasteiger partial charge in [0.15, 0.2) is 0 Å². The summed E-state index contributed by atoms with van der Waals surface area (Å²) in [5, 5.41) is 2.42. The molecule has 3 aromatic rings. The summed E-state index contributed by atoms with van der Waals surface area (Å²) in [4.78, 5) is 16.8. The molecule has 0 radical (unpaired) electrons. The minimum atomic E-state index is 0.127. The summed E-state index contributed by atoms with van der Waals surface area (Å²) in [6.07, 6.45) is 0. The Kier molecular flexibility index (Phi) is 5.35. The average molecular weight is 360 g/mol. The van der Waals surface area contributed by atoms with Gasteiger partial charge in [0.25, 0.3) is 5.91 Å². The van der Waals surface area contributed by atoms with Crippen LogP contribution in [-0.4, -0.2) is 55.0 Å². The monoisotopic (exact) mass is 360 g/mol. The van der Waals surface area contributed by atoms with Crippen LogP contribution in [0.5, 0.6) is 5.75 Å². The van der Waals surface area contributed by atoms with E-state index >= 15 is 0 Å². The minimum absolute atomic E-state index is 0.127. The van der Waals surface area contributed by atoms with Crippen molar-refractivity contribution in [2.24, 2.45) is 0 Å². The number of hydrogen-bond donors (Lipinski definition) is 0. The Bertz CT molecular complexity index is 902. The molecule has 3 aromatic carbocycles. The van der Waals surface area contributed by atoms with E-state index in [4.69, 9.17) is 4.74 Å². The maximum atomic E-state index is 12.5. The first-order chi connectivity index (χ1) is 13.3. The summed E-state index contributed by atoms with van der Waals surface area (Å²) in [6.45, 7) is 4.85. The Morgan fingerprint density at radius 1 is 0.815 bits per heavy atom. The average Bonchev–Trinajstić information content (AvgIpc) is 2.74. The number of carbonyl (C=O) groups excluding carboxylic acids is 1. The first kappa shape index (κ1) is 17.6. The number of hydrogen-bond acceptors (Lipinski definition) is 3. The summed E-state index contributed by atoms with van der Waals surface area (Å²) < 4.78 is 5.94. The molecule has 1 saturated heterocycles. The zero-order valence-corrected chi connectivity index (χ0v) is 15.4. The molecule has 27 heavy (non-hydrogen) atoms. The first-order valence-electron chi connectivity index (χ1n) is 9.48. The molecule has 0 bridgehead atoms. The zero-order valence-electron chi connectivity index (χ0n) is 15.4. The Balaban J connectivity index is 1.24. The Morgan fingerprint density at radius 3 is 2.30 bits per heavy atom. The number of fused-ring (bicyclic) bond motifs is 1. The molecular formula is C23H24N2O2. The standard InChI is InChI=1S/C23H24N2O2/c26-23(20-7-2-1-3-8-20)25-14-12-24(13-15-25)16-17-27-22-11-10-19-6-4-5-9-21(19)18-22/h1-11,18H,12-17H2. The van der Waals surface area contributed by atoms with Crippen LogP contribution in [-0.2, 0) is 0 Å². The van der Waals surface area contributed by atoms with Crippen molar-refractivity contribution in [2.45, 2.75) is 0 Å². The zero-order chi connectivity index (χ0) is 18.5. The van der Waals surface area contributed by atoms with Crippen LogP contribution in [0.1, 0.15) is 10.4 Å². The van der Waals surface area contributed by atoms with E-state index in [1.54, 1.807) is 0 Å². The quantitative estimate of drug-likeness (QED) is 0.696. The van der Waals surface area contributed by atoms with Crippen molar-refractivity contribution in [3.63, 3.8) is 0 Å². The highest BCUT2D eigenvalue weighted by Gasteiger charge is 2.21. The van der Waals surface area contributed by atoms with Crippen molar-refractivity contribution in [1.82, 2.24) is 9.80 Å². The van der Waals surface area contributed by atoms with E-state index < -0.39 is 0 Å². The van der Waals surface area contributed by atoms with Gasteiger partial charge in [0.1, 0.15) is 12.4 Å². The van der Waals surface area contributed by atoms with Gasteiger partial charge < -0.3 is 9.64 Å². The molecule has 0 aliphatic carbocycles. The number of ether oxygens (including phenoxy) is 1. The van der Waals surface area contributed by atoms with Crippen LogP contribution in [0.25, 0.3) is 10.8 Å². The molecule has 0 aromatic heterocycles. The van der Waals surface area contributed by atoms with Gasteiger partial charge in [-0.2, -0.15) is 0 Å². The van der Waals surface area contributed by atoms with Gasteiger partial charge in [-0.1, -0.05) is 48.5 Å². The van der Waals surface area contributed by atoms with Crippen molar-refractivity contribution in [3.05, 3.63) is 78.4 Å². The third-order valence-electron chi connectivity index (χ3n) is 5.08. The molecule has 1 aliphatic heterocycles. The lowest BCUT2D eigenvalue weighted by molar-refractivity contribution is 0.0620. The van der Waals surface area contributed by atoms with Crippen LogP contribution >= 0.6 is 0 Å². The van der Waals surface area contributed by atoms with Gasteiger partial charge in [0.05, 0.1) is 0 Å².